The lowest BCUT2D eigenvalue weighted by Crippen LogP contribution is -2.24. The Kier molecular flexibility index (Phi) is 4.57. The maximum absolute atomic E-state index is 12.0. The van der Waals surface area contributed by atoms with Crippen molar-refractivity contribution >= 4 is 10.0 Å². The summed E-state index contributed by atoms with van der Waals surface area (Å²) in [5, 5.41) is 0. The van der Waals surface area contributed by atoms with Crippen LogP contribution in [0.15, 0.2) is 48.5 Å². The van der Waals surface area contributed by atoms with E-state index in [0.29, 0.717) is 6.54 Å². The fourth-order valence-corrected chi connectivity index (χ4v) is 3.08. The molecule has 20 heavy (non-hydrogen) atoms. The Morgan fingerprint density at radius 1 is 0.900 bits per heavy atom. The fourth-order valence-electron chi connectivity index (χ4n) is 1.97. The zero-order chi connectivity index (χ0) is 14.6. The minimum absolute atomic E-state index is 0.0144. The van der Waals surface area contributed by atoms with Crippen molar-refractivity contribution in [2.24, 2.45) is 0 Å². The van der Waals surface area contributed by atoms with Crippen LogP contribution >= 0.6 is 0 Å². The number of rotatable bonds is 5. The van der Waals surface area contributed by atoms with Gasteiger partial charge in [-0.2, -0.15) is 0 Å². The number of hydrogen-bond donors (Lipinski definition) is 1. The quantitative estimate of drug-likeness (QED) is 0.920. The average molecular weight is 289 g/mol. The predicted molar refractivity (Wildman–Crippen MR) is 81.8 cm³/mol. The molecular formula is C16H19NO2S. The normalized spacial score (nSPS) is 11.5. The minimum atomic E-state index is -3.31. The molecule has 0 atom stereocenters. The first-order valence-corrected chi connectivity index (χ1v) is 8.18. The highest BCUT2D eigenvalue weighted by molar-refractivity contribution is 7.88. The molecule has 4 heteroatoms. The zero-order valence-electron chi connectivity index (χ0n) is 11.8. The van der Waals surface area contributed by atoms with E-state index >= 15 is 0 Å². The second-order valence-corrected chi connectivity index (χ2v) is 6.86. The van der Waals surface area contributed by atoms with Gasteiger partial charge >= 0.3 is 0 Å². The van der Waals surface area contributed by atoms with Crippen molar-refractivity contribution in [1.82, 2.24) is 4.72 Å². The Morgan fingerprint density at radius 2 is 1.60 bits per heavy atom. The van der Waals surface area contributed by atoms with Crippen molar-refractivity contribution in [2.75, 3.05) is 0 Å². The second kappa shape index (κ2) is 6.20. The molecule has 0 saturated heterocycles. The van der Waals surface area contributed by atoms with E-state index in [0.717, 1.165) is 22.3 Å². The maximum atomic E-state index is 12.0. The highest BCUT2D eigenvalue weighted by atomic mass is 32.2. The van der Waals surface area contributed by atoms with Crippen molar-refractivity contribution in [3.05, 3.63) is 70.8 Å². The Balaban J connectivity index is 1.99. The number of hydrogen-bond acceptors (Lipinski definition) is 2. The summed E-state index contributed by atoms with van der Waals surface area (Å²) in [4.78, 5) is 0. The first-order valence-electron chi connectivity index (χ1n) is 6.53. The molecule has 0 spiro atoms. The second-order valence-electron chi connectivity index (χ2n) is 5.05. The molecule has 2 rings (SSSR count). The molecule has 0 unspecified atom stereocenters. The Labute approximate surface area is 120 Å². The first kappa shape index (κ1) is 14.8. The summed E-state index contributed by atoms with van der Waals surface area (Å²) in [5.74, 6) is 0.0144. The monoisotopic (exact) mass is 289 g/mol. The summed E-state index contributed by atoms with van der Waals surface area (Å²) in [6, 6.07) is 15.4. The summed E-state index contributed by atoms with van der Waals surface area (Å²) >= 11 is 0. The fraction of sp³-hybridized carbons (Fsp3) is 0.250. The van der Waals surface area contributed by atoms with Crippen LogP contribution in [0.1, 0.15) is 22.3 Å². The summed E-state index contributed by atoms with van der Waals surface area (Å²) in [6.07, 6.45) is 0. The van der Waals surface area contributed by atoms with Crippen molar-refractivity contribution < 1.29 is 8.42 Å². The van der Waals surface area contributed by atoms with Crippen molar-refractivity contribution in [3.63, 3.8) is 0 Å². The topological polar surface area (TPSA) is 46.2 Å². The molecule has 0 fully saturated rings. The number of benzene rings is 2. The summed E-state index contributed by atoms with van der Waals surface area (Å²) in [6.45, 7) is 4.29. The van der Waals surface area contributed by atoms with E-state index in [-0.39, 0.29) is 5.75 Å². The van der Waals surface area contributed by atoms with Crippen LogP contribution < -0.4 is 4.72 Å². The van der Waals surface area contributed by atoms with E-state index in [1.807, 2.05) is 62.4 Å². The molecule has 0 heterocycles. The molecule has 0 saturated carbocycles. The zero-order valence-corrected chi connectivity index (χ0v) is 12.6. The van der Waals surface area contributed by atoms with E-state index in [4.69, 9.17) is 0 Å². The summed E-state index contributed by atoms with van der Waals surface area (Å²) in [7, 11) is -3.31. The molecule has 106 valence electrons. The Bertz CT molecular complexity index is 676. The molecule has 0 radical (unpaired) electrons. The molecule has 0 aliphatic heterocycles. The number of aryl methyl sites for hydroxylation is 2. The Hall–Kier alpha value is -1.65. The van der Waals surface area contributed by atoms with Crippen molar-refractivity contribution in [1.29, 1.82) is 0 Å². The molecular weight excluding hydrogens is 270 g/mol. The van der Waals surface area contributed by atoms with Gasteiger partial charge in [-0.3, -0.25) is 0 Å². The lowest BCUT2D eigenvalue weighted by molar-refractivity contribution is 0.580. The van der Waals surface area contributed by atoms with Crippen LogP contribution in [-0.2, 0) is 22.3 Å². The molecule has 0 amide bonds. The average Bonchev–Trinajstić information content (AvgIpc) is 2.37. The van der Waals surface area contributed by atoms with Gasteiger partial charge in [-0.15, -0.1) is 0 Å². The molecule has 0 bridgehead atoms. The van der Waals surface area contributed by atoms with Crippen LogP contribution in [0.2, 0.25) is 0 Å². The van der Waals surface area contributed by atoms with Crippen LogP contribution in [0, 0.1) is 13.8 Å². The third-order valence-corrected chi connectivity index (χ3v) is 4.35. The van der Waals surface area contributed by atoms with Crippen molar-refractivity contribution in [2.45, 2.75) is 26.1 Å². The SMILES string of the molecule is Cc1ccc(CNS(=O)(=O)Cc2cccc(C)c2)cc1. The molecule has 0 aliphatic carbocycles. The standard InChI is InChI=1S/C16H19NO2S/c1-13-6-8-15(9-7-13)11-17-20(18,19)12-16-5-3-4-14(2)10-16/h3-10,17H,11-12H2,1-2H3. The van der Waals surface area contributed by atoms with Crippen LogP contribution in [-0.4, -0.2) is 8.42 Å². The third kappa shape index (κ3) is 4.47. The van der Waals surface area contributed by atoms with E-state index in [9.17, 15) is 8.42 Å². The van der Waals surface area contributed by atoms with Gasteiger partial charge in [0.25, 0.3) is 0 Å². The molecule has 0 aromatic heterocycles. The van der Waals surface area contributed by atoms with Gasteiger partial charge in [-0.05, 0) is 25.0 Å². The highest BCUT2D eigenvalue weighted by Crippen LogP contribution is 2.09. The maximum Gasteiger partial charge on any atom is 0.216 e. The summed E-state index contributed by atoms with van der Waals surface area (Å²) < 4.78 is 26.7. The van der Waals surface area contributed by atoms with Gasteiger partial charge in [0.15, 0.2) is 0 Å². The molecule has 2 aromatic rings. The van der Waals surface area contributed by atoms with E-state index in [1.54, 1.807) is 0 Å². The van der Waals surface area contributed by atoms with Gasteiger partial charge in [0.2, 0.25) is 10.0 Å². The highest BCUT2D eigenvalue weighted by Gasteiger charge is 2.11. The Morgan fingerprint density at radius 3 is 2.25 bits per heavy atom. The van der Waals surface area contributed by atoms with Crippen molar-refractivity contribution in [3.8, 4) is 0 Å². The van der Waals surface area contributed by atoms with Crippen LogP contribution in [0.4, 0.5) is 0 Å². The van der Waals surface area contributed by atoms with Crippen LogP contribution in [0.3, 0.4) is 0 Å². The van der Waals surface area contributed by atoms with Crippen LogP contribution in [0.25, 0.3) is 0 Å². The lowest BCUT2D eigenvalue weighted by Gasteiger charge is -2.08. The van der Waals surface area contributed by atoms with Gasteiger partial charge in [0.1, 0.15) is 0 Å². The molecule has 2 aromatic carbocycles. The van der Waals surface area contributed by atoms with E-state index in [1.165, 1.54) is 0 Å². The predicted octanol–water partition coefficient (Wildman–Crippen LogP) is 2.92. The largest absolute Gasteiger partial charge is 0.216 e. The van der Waals surface area contributed by atoms with Gasteiger partial charge in [-0.1, -0.05) is 59.7 Å². The van der Waals surface area contributed by atoms with E-state index < -0.39 is 10.0 Å². The first-order chi connectivity index (χ1) is 9.44. The minimum Gasteiger partial charge on any atom is -0.212 e. The van der Waals surface area contributed by atoms with Gasteiger partial charge in [-0.25, -0.2) is 13.1 Å². The molecule has 0 aliphatic rings. The van der Waals surface area contributed by atoms with Gasteiger partial charge < -0.3 is 0 Å². The smallest absolute Gasteiger partial charge is 0.212 e. The van der Waals surface area contributed by atoms with Crippen LogP contribution in [0.5, 0.6) is 0 Å². The number of sulfonamides is 1. The number of nitrogens with one attached hydrogen (secondary N) is 1. The lowest BCUT2D eigenvalue weighted by atomic mass is 10.2. The van der Waals surface area contributed by atoms with Gasteiger partial charge in [0, 0.05) is 6.54 Å². The van der Waals surface area contributed by atoms with E-state index in [2.05, 4.69) is 4.72 Å². The summed E-state index contributed by atoms with van der Waals surface area (Å²) in [5.41, 5.74) is 4.00. The molecule has 1 N–H and O–H groups in total. The van der Waals surface area contributed by atoms with Gasteiger partial charge in [0.05, 0.1) is 5.75 Å². The third-order valence-electron chi connectivity index (χ3n) is 3.06. The molecule has 3 nitrogen and oxygen atoms in total.